The molecule has 7 heteroatoms. The molecule has 0 heterocycles. The van der Waals surface area contributed by atoms with E-state index in [1.165, 1.54) is 6.08 Å². The van der Waals surface area contributed by atoms with Crippen molar-refractivity contribution in [3.8, 4) is 11.8 Å². The largest absolute Gasteiger partial charge is 0.496 e. The Labute approximate surface area is 209 Å². The average molecular weight is 575 g/mol. The SMILES string of the molecule is COc1cc(/C=C(\C#N)C(=O)Nc2cc(Cl)ccc2C)cc(Br)c1Cc1ccccc1Br. The van der Waals surface area contributed by atoms with Gasteiger partial charge in [0.1, 0.15) is 17.4 Å². The number of amides is 1. The van der Waals surface area contributed by atoms with Crippen LogP contribution >= 0.6 is 43.5 Å². The number of benzene rings is 3. The highest BCUT2D eigenvalue weighted by Crippen LogP contribution is 2.33. The molecule has 0 aromatic heterocycles. The summed E-state index contributed by atoms with van der Waals surface area (Å²) < 4.78 is 7.44. The third-order valence-electron chi connectivity index (χ3n) is 4.85. The topological polar surface area (TPSA) is 62.1 Å². The number of ether oxygens (including phenoxy) is 1. The van der Waals surface area contributed by atoms with E-state index in [9.17, 15) is 10.1 Å². The van der Waals surface area contributed by atoms with Crippen molar-refractivity contribution in [1.82, 2.24) is 0 Å². The fraction of sp³-hybridized carbons (Fsp3) is 0.120. The average Bonchev–Trinajstić information content (AvgIpc) is 2.77. The van der Waals surface area contributed by atoms with Gasteiger partial charge in [-0.1, -0.05) is 67.7 Å². The van der Waals surface area contributed by atoms with Gasteiger partial charge >= 0.3 is 0 Å². The minimum atomic E-state index is -0.509. The van der Waals surface area contributed by atoms with E-state index in [4.69, 9.17) is 16.3 Å². The summed E-state index contributed by atoms with van der Waals surface area (Å²) in [4.78, 5) is 12.7. The standard InChI is InChI=1S/C25H19Br2ClN2O2/c1-15-7-8-19(28)13-23(15)30-25(31)18(14-29)9-16-10-22(27)20(24(11-16)32-2)12-17-5-3-4-6-21(17)26/h3-11,13H,12H2,1-2H3,(H,30,31)/b18-9+. The van der Waals surface area contributed by atoms with Crippen LogP contribution in [0.3, 0.4) is 0 Å². The quantitative estimate of drug-likeness (QED) is 0.248. The highest BCUT2D eigenvalue weighted by molar-refractivity contribution is 9.10. The zero-order chi connectivity index (χ0) is 23.3. The van der Waals surface area contributed by atoms with Crippen molar-refractivity contribution in [2.45, 2.75) is 13.3 Å². The highest BCUT2D eigenvalue weighted by atomic mass is 79.9. The van der Waals surface area contributed by atoms with E-state index in [-0.39, 0.29) is 5.57 Å². The lowest BCUT2D eigenvalue weighted by atomic mass is 10.0. The summed E-state index contributed by atoms with van der Waals surface area (Å²) in [6.45, 7) is 1.85. The second-order valence-electron chi connectivity index (χ2n) is 7.03. The van der Waals surface area contributed by atoms with Gasteiger partial charge < -0.3 is 10.1 Å². The number of anilines is 1. The van der Waals surface area contributed by atoms with Crippen LogP contribution in [0, 0.1) is 18.3 Å². The first kappa shape index (κ1) is 24.1. The van der Waals surface area contributed by atoms with E-state index in [1.54, 1.807) is 25.3 Å². The number of hydrogen-bond donors (Lipinski definition) is 1. The summed E-state index contributed by atoms with van der Waals surface area (Å²) >= 11 is 13.2. The molecule has 3 aromatic carbocycles. The Hall–Kier alpha value is -2.59. The van der Waals surface area contributed by atoms with Crippen molar-refractivity contribution in [2.24, 2.45) is 0 Å². The van der Waals surface area contributed by atoms with Crippen LogP contribution in [0.4, 0.5) is 5.69 Å². The van der Waals surface area contributed by atoms with E-state index in [2.05, 4.69) is 37.2 Å². The van der Waals surface area contributed by atoms with Gasteiger partial charge in [-0.05, 0) is 60.0 Å². The maximum Gasteiger partial charge on any atom is 0.266 e. The molecule has 0 spiro atoms. The lowest BCUT2D eigenvalue weighted by Gasteiger charge is -2.14. The lowest BCUT2D eigenvalue weighted by molar-refractivity contribution is -0.112. The molecule has 1 amide bonds. The van der Waals surface area contributed by atoms with Gasteiger partial charge in [0.05, 0.1) is 7.11 Å². The van der Waals surface area contributed by atoms with E-state index < -0.39 is 5.91 Å². The molecule has 0 atom stereocenters. The maximum atomic E-state index is 12.7. The third-order valence-corrected chi connectivity index (χ3v) is 6.56. The molecule has 0 unspecified atom stereocenters. The third kappa shape index (κ3) is 5.80. The number of aryl methyl sites for hydroxylation is 1. The van der Waals surface area contributed by atoms with E-state index in [0.29, 0.717) is 28.4 Å². The smallest absolute Gasteiger partial charge is 0.266 e. The lowest BCUT2D eigenvalue weighted by Crippen LogP contribution is -2.14. The second kappa shape index (κ2) is 10.8. The molecule has 0 fully saturated rings. The van der Waals surface area contributed by atoms with Crippen LogP contribution < -0.4 is 10.1 Å². The summed E-state index contributed by atoms with van der Waals surface area (Å²) in [6, 6.07) is 18.8. The number of halogens is 3. The summed E-state index contributed by atoms with van der Waals surface area (Å²) in [5.74, 6) is 0.148. The fourth-order valence-corrected chi connectivity index (χ4v) is 4.33. The van der Waals surface area contributed by atoms with Gasteiger partial charge in [-0.3, -0.25) is 4.79 Å². The fourth-order valence-electron chi connectivity index (χ4n) is 3.13. The molecule has 0 aliphatic carbocycles. The van der Waals surface area contributed by atoms with Crippen molar-refractivity contribution >= 4 is 61.1 Å². The van der Waals surface area contributed by atoms with Crippen LogP contribution in [0.2, 0.25) is 5.02 Å². The van der Waals surface area contributed by atoms with E-state index >= 15 is 0 Å². The molecule has 3 rings (SSSR count). The number of rotatable bonds is 6. The Bertz CT molecular complexity index is 1250. The summed E-state index contributed by atoms with van der Waals surface area (Å²) in [7, 11) is 1.60. The van der Waals surface area contributed by atoms with Crippen LogP contribution in [-0.2, 0) is 11.2 Å². The van der Waals surface area contributed by atoms with Crippen molar-refractivity contribution in [3.05, 3.63) is 96.4 Å². The van der Waals surface area contributed by atoms with Crippen LogP contribution in [0.5, 0.6) is 5.75 Å². The summed E-state index contributed by atoms with van der Waals surface area (Å²) in [5.41, 5.74) is 4.13. The molecule has 4 nitrogen and oxygen atoms in total. The van der Waals surface area contributed by atoms with Crippen LogP contribution in [0.25, 0.3) is 6.08 Å². The monoisotopic (exact) mass is 572 g/mol. The molecule has 162 valence electrons. The molecule has 0 radical (unpaired) electrons. The van der Waals surface area contributed by atoms with Gasteiger partial charge in [0.15, 0.2) is 0 Å². The molecule has 0 aliphatic rings. The number of nitrogens with zero attached hydrogens (tertiary/aromatic N) is 1. The van der Waals surface area contributed by atoms with E-state index in [1.807, 2.05) is 49.4 Å². The van der Waals surface area contributed by atoms with Gasteiger partial charge in [0.2, 0.25) is 0 Å². The summed E-state index contributed by atoms with van der Waals surface area (Å²) in [5, 5.41) is 12.8. The molecule has 32 heavy (non-hydrogen) atoms. The second-order valence-corrected chi connectivity index (χ2v) is 9.18. The number of carbonyl (C=O) groups is 1. The normalized spacial score (nSPS) is 11.1. The van der Waals surface area contributed by atoms with Crippen molar-refractivity contribution in [2.75, 3.05) is 12.4 Å². The van der Waals surface area contributed by atoms with Crippen LogP contribution in [0.1, 0.15) is 22.3 Å². The molecule has 0 aliphatic heterocycles. The highest BCUT2D eigenvalue weighted by Gasteiger charge is 2.15. The Morgan fingerprint density at radius 1 is 1.16 bits per heavy atom. The van der Waals surface area contributed by atoms with Gasteiger partial charge in [-0.25, -0.2) is 0 Å². The van der Waals surface area contributed by atoms with Gasteiger partial charge in [-0.2, -0.15) is 5.26 Å². The van der Waals surface area contributed by atoms with Crippen molar-refractivity contribution in [3.63, 3.8) is 0 Å². The Morgan fingerprint density at radius 2 is 1.91 bits per heavy atom. The molecule has 0 saturated carbocycles. The molecule has 1 N–H and O–H groups in total. The predicted octanol–water partition coefficient (Wildman–Crippen LogP) is 7.32. The first-order valence-corrected chi connectivity index (χ1v) is 11.6. The van der Waals surface area contributed by atoms with Gasteiger partial charge in [0, 0.05) is 31.6 Å². The Morgan fingerprint density at radius 3 is 2.59 bits per heavy atom. The zero-order valence-electron chi connectivity index (χ0n) is 17.4. The molecule has 3 aromatic rings. The van der Waals surface area contributed by atoms with Gasteiger partial charge in [-0.15, -0.1) is 0 Å². The minimum Gasteiger partial charge on any atom is -0.496 e. The molecular formula is C25H19Br2ClN2O2. The number of methoxy groups -OCH3 is 1. The number of carbonyl (C=O) groups excluding carboxylic acids is 1. The van der Waals surface area contributed by atoms with E-state index in [0.717, 1.165) is 25.6 Å². The number of nitriles is 1. The van der Waals surface area contributed by atoms with Crippen molar-refractivity contribution < 1.29 is 9.53 Å². The summed E-state index contributed by atoms with van der Waals surface area (Å²) in [6.07, 6.45) is 2.18. The Kier molecular flexibility index (Phi) is 8.14. The van der Waals surface area contributed by atoms with Gasteiger partial charge in [0.25, 0.3) is 5.91 Å². The number of nitrogens with one attached hydrogen (secondary N) is 1. The predicted molar refractivity (Wildman–Crippen MR) is 136 cm³/mol. The minimum absolute atomic E-state index is 0.0307. The van der Waals surface area contributed by atoms with Crippen molar-refractivity contribution in [1.29, 1.82) is 5.26 Å². The first-order chi connectivity index (χ1) is 15.3. The maximum absolute atomic E-state index is 12.7. The zero-order valence-corrected chi connectivity index (χ0v) is 21.3. The molecule has 0 bridgehead atoms. The van der Waals surface area contributed by atoms with Crippen LogP contribution in [-0.4, -0.2) is 13.0 Å². The Balaban J connectivity index is 1.91. The first-order valence-electron chi connectivity index (χ1n) is 9.61. The number of hydrogen-bond acceptors (Lipinski definition) is 3. The molecular weight excluding hydrogens is 556 g/mol. The van der Waals surface area contributed by atoms with Crippen LogP contribution in [0.15, 0.2) is 69.1 Å². The molecule has 0 saturated heterocycles.